The SMILES string of the molecule is CC(C)C(=O)N1CCc2cc(-c3csc(NC(=O)c4cnccn4)n3)ccc21. The number of hydrogen-bond acceptors (Lipinski definition) is 6. The highest BCUT2D eigenvalue weighted by Crippen LogP contribution is 2.34. The number of thiazole rings is 1. The van der Waals surface area contributed by atoms with E-state index in [2.05, 4.69) is 26.3 Å². The maximum Gasteiger partial charge on any atom is 0.277 e. The van der Waals surface area contributed by atoms with E-state index in [-0.39, 0.29) is 23.4 Å². The Morgan fingerprint density at radius 1 is 1.25 bits per heavy atom. The molecule has 0 fully saturated rings. The van der Waals surface area contributed by atoms with Crippen LogP contribution in [0.25, 0.3) is 11.3 Å². The van der Waals surface area contributed by atoms with E-state index in [1.165, 1.54) is 29.9 Å². The molecule has 0 bridgehead atoms. The van der Waals surface area contributed by atoms with Gasteiger partial charge in [0.05, 0.1) is 11.9 Å². The molecule has 1 N–H and O–H groups in total. The van der Waals surface area contributed by atoms with E-state index >= 15 is 0 Å². The summed E-state index contributed by atoms with van der Waals surface area (Å²) in [6.07, 6.45) is 5.23. The minimum Gasteiger partial charge on any atom is -0.312 e. The van der Waals surface area contributed by atoms with Crippen molar-refractivity contribution in [3.05, 3.63) is 53.4 Å². The van der Waals surface area contributed by atoms with Crippen molar-refractivity contribution in [3.8, 4) is 11.3 Å². The molecule has 2 amide bonds. The molecular formula is C20H19N5O2S. The zero-order valence-electron chi connectivity index (χ0n) is 15.5. The smallest absolute Gasteiger partial charge is 0.277 e. The van der Waals surface area contributed by atoms with E-state index in [1.807, 2.05) is 36.3 Å². The maximum atomic E-state index is 12.4. The van der Waals surface area contributed by atoms with Crippen molar-refractivity contribution in [1.29, 1.82) is 0 Å². The molecule has 3 heterocycles. The molecule has 0 saturated heterocycles. The number of benzene rings is 1. The van der Waals surface area contributed by atoms with E-state index in [9.17, 15) is 9.59 Å². The van der Waals surface area contributed by atoms with Crippen molar-refractivity contribution in [1.82, 2.24) is 15.0 Å². The second-order valence-electron chi connectivity index (χ2n) is 6.82. The van der Waals surface area contributed by atoms with Crippen molar-refractivity contribution in [3.63, 3.8) is 0 Å². The molecule has 1 aromatic carbocycles. The molecule has 4 rings (SSSR count). The van der Waals surface area contributed by atoms with Gasteiger partial charge in [-0.15, -0.1) is 11.3 Å². The number of amides is 2. The fraction of sp³-hybridized carbons (Fsp3) is 0.250. The lowest BCUT2D eigenvalue weighted by atomic mass is 10.1. The van der Waals surface area contributed by atoms with Crippen molar-refractivity contribution < 1.29 is 9.59 Å². The van der Waals surface area contributed by atoms with E-state index in [0.29, 0.717) is 11.7 Å². The van der Waals surface area contributed by atoms with Crippen LogP contribution in [0, 0.1) is 5.92 Å². The molecule has 2 aromatic heterocycles. The number of nitrogens with zero attached hydrogens (tertiary/aromatic N) is 4. The molecule has 8 heteroatoms. The van der Waals surface area contributed by atoms with Gasteiger partial charge in [0.1, 0.15) is 5.69 Å². The summed E-state index contributed by atoms with van der Waals surface area (Å²) >= 11 is 1.35. The lowest BCUT2D eigenvalue weighted by Gasteiger charge is -2.19. The molecule has 0 atom stereocenters. The molecule has 1 aliphatic heterocycles. The third-order valence-electron chi connectivity index (χ3n) is 4.55. The average molecular weight is 393 g/mol. The molecule has 0 radical (unpaired) electrons. The van der Waals surface area contributed by atoms with Crippen molar-refractivity contribution in [2.45, 2.75) is 20.3 Å². The molecule has 7 nitrogen and oxygen atoms in total. The zero-order valence-corrected chi connectivity index (χ0v) is 16.4. The Labute approximate surface area is 166 Å². The van der Waals surface area contributed by atoms with Gasteiger partial charge in [0.2, 0.25) is 5.91 Å². The summed E-state index contributed by atoms with van der Waals surface area (Å²) in [7, 11) is 0. The van der Waals surface area contributed by atoms with Crippen LogP contribution >= 0.6 is 11.3 Å². The van der Waals surface area contributed by atoms with Crippen LogP contribution in [0.4, 0.5) is 10.8 Å². The summed E-state index contributed by atoms with van der Waals surface area (Å²) in [5, 5.41) is 5.15. The molecular weight excluding hydrogens is 374 g/mol. The van der Waals surface area contributed by atoms with Gasteiger partial charge in [-0.3, -0.25) is 19.9 Å². The van der Waals surface area contributed by atoms with Crippen LogP contribution in [0.1, 0.15) is 29.9 Å². The summed E-state index contributed by atoms with van der Waals surface area (Å²) in [5.41, 5.74) is 4.12. The van der Waals surface area contributed by atoms with Crippen LogP contribution < -0.4 is 10.2 Å². The Morgan fingerprint density at radius 3 is 2.86 bits per heavy atom. The highest BCUT2D eigenvalue weighted by Gasteiger charge is 2.26. The predicted octanol–water partition coefficient (Wildman–Crippen LogP) is 3.40. The van der Waals surface area contributed by atoms with Gasteiger partial charge < -0.3 is 4.90 Å². The van der Waals surface area contributed by atoms with Gasteiger partial charge >= 0.3 is 0 Å². The number of rotatable bonds is 4. The second kappa shape index (κ2) is 7.47. The Morgan fingerprint density at radius 2 is 2.11 bits per heavy atom. The van der Waals surface area contributed by atoms with E-state index in [1.54, 1.807) is 0 Å². The Bertz CT molecular complexity index is 1030. The number of aromatic nitrogens is 3. The molecule has 1 aliphatic rings. The lowest BCUT2D eigenvalue weighted by molar-refractivity contribution is -0.121. The summed E-state index contributed by atoms with van der Waals surface area (Å²) < 4.78 is 0. The average Bonchev–Trinajstić information content (AvgIpc) is 3.34. The molecule has 142 valence electrons. The van der Waals surface area contributed by atoms with Crippen molar-refractivity contribution in [2.24, 2.45) is 5.92 Å². The first-order valence-corrected chi connectivity index (χ1v) is 9.88. The number of anilines is 2. The van der Waals surface area contributed by atoms with Gasteiger partial charge in [-0.2, -0.15) is 0 Å². The second-order valence-corrected chi connectivity index (χ2v) is 7.68. The van der Waals surface area contributed by atoms with E-state index < -0.39 is 0 Å². The van der Waals surface area contributed by atoms with Gasteiger partial charge in [0.25, 0.3) is 5.91 Å². The van der Waals surface area contributed by atoms with Gasteiger partial charge in [-0.25, -0.2) is 9.97 Å². The zero-order chi connectivity index (χ0) is 19.7. The molecule has 0 saturated carbocycles. The van der Waals surface area contributed by atoms with Gasteiger partial charge in [0, 0.05) is 41.5 Å². The van der Waals surface area contributed by atoms with Gasteiger partial charge in [-0.05, 0) is 24.1 Å². The van der Waals surface area contributed by atoms with Crippen LogP contribution in [0.2, 0.25) is 0 Å². The van der Waals surface area contributed by atoms with Gasteiger partial charge in [0.15, 0.2) is 5.13 Å². The van der Waals surface area contributed by atoms with Crippen molar-refractivity contribution in [2.75, 3.05) is 16.8 Å². The van der Waals surface area contributed by atoms with Crippen molar-refractivity contribution >= 4 is 34.0 Å². The van der Waals surface area contributed by atoms with E-state index in [4.69, 9.17) is 0 Å². The standard InChI is InChI=1S/C20H19N5O2S/c1-12(2)19(27)25-8-5-14-9-13(3-4-17(14)25)16-11-28-20(23-16)24-18(26)15-10-21-6-7-22-15/h3-4,6-7,9-12H,5,8H2,1-2H3,(H,23,24,26). The van der Waals surface area contributed by atoms with E-state index in [0.717, 1.165) is 28.9 Å². The topological polar surface area (TPSA) is 88.1 Å². The largest absolute Gasteiger partial charge is 0.312 e. The Hall–Kier alpha value is -3.13. The fourth-order valence-electron chi connectivity index (χ4n) is 3.14. The molecule has 28 heavy (non-hydrogen) atoms. The third kappa shape index (κ3) is 3.50. The maximum absolute atomic E-state index is 12.4. The number of carbonyl (C=O) groups is 2. The number of nitrogens with one attached hydrogen (secondary N) is 1. The summed E-state index contributed by atoms with van der Waals surface area (Å²) in [5.74, 6) is -0.218. The molecule has 3 aromatic rings. The lowest BCUT2D eigenvalue weighted by Crippen LogP contribution is -2.32. The highest BCUT2D eigenvalue weighted by atomic mass is 32.1. The summed E-state index contributed by atoms with van der Waals surface area (Å²) in [6, 6.07) is 6.02. The molecule has 0 spiro atoms. The minimum absolute atomic E-state index is 0.0235. The Balaban J connectivity index is 1.52. The fourth-order valence-corrected chi connectivity index (χ4v) is 3.86. The third-order valence-corrected chi connectivity index (χ3v) is 5.31. The minimum atomic E-state index is -0.342. The quantitative estimate of drug-likeness (QED) is 0.734. The number of carbonyl (C=O) groups excluding carboxylic acids is 2. The number of fused-ring (bicyclic) bond motifs is 1. The predicted molar refractivity (Wildman–Crippen MR) is 108 cm³/mol. The van der Waals surface area contributed by atoms with Crippen LogP contribution in [-0.4, -0.2) is 33.3 Å². The first kappa shape index (κ1) is 18.2. The normalized spacial score (nSPS) is 12.9. The monoisotopic (exact) mass is 393 g/mol. The summed E-state index contributed by atoms with van der Waals surface area (Å²) in [4.78, 5) is 38.8. The first-order valence-electron chi connectivity index (χ1n) is 9.00. The van der Waals surface area contributed by atoms with Crippen LogP contribution in [0.5, 0.6) is 0 Å². The first-order chi connectivity index (χ1) is 13.5. The Kier molecular flexibility index (Phi) is 4.87. The molecule has 0 aliphatic carbocycles. The van der Waals surface area contributed by atoms with Crippen LogP contribution in [-0.2, 0) is 11.2 Å². The number of hydrogen-bond donors (Lipinski definition) is 1. The van der Waals surface area contributed by atoms with Crippen LogP contribution in [0.15, 0.2) is 42.2 Å². The van der Waals surface area contributed by atoms with Gasteiger partial charge in [-0.1, -0.05) is 19.9 Å². The highest BCUT2D eigenvalue weighted by molar-refractivity contribution is 7.14. The molecule has 0 unspecified atom stereocenters. The van der Waals surface area contributed by atoms with Crippen LogP contribution in [0.3, 0.4) is 0 Å². The summed E-state index contributed by atoms with van der Waals surface area (Å²) in [6.45, 7) is 4.55.